The van der Waals surface area contributed by atoms with E-state index in [1.807, 2.05) is 13.8 Å². The zero-order chi connectivity index (χ0) is 14.4. The Kier molecular flexibility index (Phi) is 3.12. The fourth-order valence-corrected chi connectivity index (χ4v) is 4.04. The van der Waals surface area contributed by atoms with Gasteiger partial charge in [0.15, 0.2) is 0 Å². The molecule has 1 aliphatic carbocycles. The molecule has 0 amide bonds. The zero-order valence-electron chi connectivity index (χ0n) is 11.4. The van der Waals surface area contributed by atoms with E-state index in [9.17, 15) is 14.7 Å². The van der Waals surface area contributed by atoms with Gasteiger partial charge in [-0.1, -0.05) is 13.8 Å². The van der Waals surface area contributed by atoms with Crippen LogP contribution in [0.1, 0.15) is 36.6 Å². The van der Waals surface area contributed by atoms with E-state index in [-0.39, 0.29) is 5.56 Å². The molecule has 6 heteroatoms. The van der Waals surface area contributed by atoms with Crippen molar-refractivity contribution in [2.45, 2.75) is 39.2 Å². The molecular weight excluding hydrogens is 276 g/mol. The first-order valence-electron chi connectivity index (χ1n) is 6.72. The van der Waals surface area contributed by atoms with E-state index >= 15 is 0 Å². The first kappa shape index (κ1) is 13.3. The Bertz CT molecular complexity index is 745. The number of carboxylic acid groups (broad SMARTS) is 1. The number of carboxylic acids is 1. The van der Waals surface area contributed by atoms with Crippen molar-refractivity contribution < 1.29 is 9.90 Å². The molecule has 20 heavy (non-hydrogen) atoms. The van der Waals surface area contributed by atoms with Crippen LogP contribution in [0.5, 0.6) is 0 Å². The molecule has 1 atom stereocenters. The topological polar surface area (TPSA) is 72.2 Å². The van der Waals surface area contributed by atoms with Gasteiger partial charge in [-0.05, 0) is 24.3 Å². The summed E-state index contributed by atoms with van der Waals surface area (Å²) in [5.41, 5.74) is 0.613. The number of hydrogen-bond acceptors (Lipinski definition) is 4. The monoisotopic (exact) mass is 292 g/mol. The molecule has 0 saturated heterocycles. The van der Waals surface area contributed by atoms with E-state index in [1.165, 1.54) is 11.3 Å². The van der Waals surface area contributed by atoms with Crippen LogP contribution >= 0.6 is 11.3 Å². The van der Waals surface area contributed by atoms with Gasteiger partial charge in [-0.3, -0.25) is 14.2 Å². The van der Waals surface area contributed by atoms with E-state index in [4.69, 9.17) is 0 Å². The third-order valence-electron chi connectivity index (χ3n) is 3.66. The van der Waals surface area contributed by atoms with Crippen molar-refractivity contribution in [3.63, 3.8) is 0 Å². The molecule has 0 spiro atoms. The number of fused-ring (bicyclic) bond motifs is 3. The summed E-state index contributed by atoms with van der Waals surface area (Å²) in [5.74, 6) is -1.06. The molecule has 3 rings (SSSR count). The molecular formula is C14H16N2O3S. The highest BCUT2D eigenvalue weighted by Gasteiger charge is 2.34. The van der Waals surface area contributed by atoms with Gasteiger partial charge in [-0.25, -0.2) is 4.98 Å². The number of rotatable bonds is 3. The largest absolute Gasteiger partial charge is 0.481 e. The van der Waals surface area contributed by atoms with Gasteiger partial charge in [0.05, 0.1) is 17.6 Å². The van der Waals surface area contributed by atoms with Gasteiger partial charge in [0.1, 0.15) is 4.83 Å². The predicted octanol–water partition coefficient (Wildman–Crippen LogP) is 2.23. The summed E-state index contributed by atoms with van der Waals surface area (Å²) in [6.45, 7) is 4.67. The van der Waals surface area contributed by atoms with Gasteiger partial charge < -0.3 is 5.11 Å². The Balaban J connectivity index is 2.24. The summed E-state index contributed by atoms with van der Waals surface area (Å²) in [6, 6.07) is 0. The van der Waals surface area contributed by atoms with Gasteiger partial charge in [-0.15, -0.1) is 11.3 Å². The molecule has 0 aromatic carbocycles. The van der Waals surface area contributed by atoms with Crippen molar-refractivity contribution in [1.82, 2.24) is 9.55 Å². The van der Waals surface area contributed by atoms with Crippen LogP contribution in [0, 0.1) is 5.92 Å². The molecule has 1 N–H and O–H groups in total. The lowest BCUT2D eigenvalue weighted by atomic mass is 10.0. The first-order chi connectivity index (χ1) is 9.49. The minimum absolute atomic E-state index is 0.102. The maximum Gasteiger partial charge on any atom is 0.311 e. The summed E-state index contributed by atoms with van der Waals surface area (Å²) in [6.07, 6.45) is 2.90. The molecule has 5 nitrogen and oxygen atoms in total. The lowest BCUT2D eigenvalue weighted by molar-refractivity contribution is -0.138. The highest BCUT2D eigenvalue weighted by atomic mass is 32.1. The fourth-order valence-electron chi connectivity index (χ4n) is 2.84. The average molecular weight is 292 g/mol. The molecule has 0 saturated carbocycles. The predicted molar refractivity (Wildman–Crippen MR) is 77.4 cm³/mol. The van der Waals surface area contributed by atoms with Crippen molar-refractivity contribution in [3.05, 3.63) is 27.1 Å². The normalized spacial score (nSPS) is 17.9. The van der Waals surface area contributed by atoms with Crippen LogP contribution in [0.4, 0.5) is 0 Å². The Hall–Kier alpha value is -1.69. The molecule has 0 radical (unpaired) electrons. The van der Waals surface area contributed by atoms with E-state index < -0.39 is 11.9 Å². The molecule has 0 bridgehead atoms. The molecule has 106 valence electrons. The molecule has 0 aliphatic heterocycles. The van der Waals surface area contributed by atoms with Crippen molar-refractivity contribution >= 4 is 27.5 Å². The highest BCUT2D eigenvalue weighted by Crippen LogP contribution is 2.41. The third-order valence-corrected chi connectivity index (χ3v) is 4.83. The van der Waals surface area contributed by atoms with Crippen molar-refractivity contribution in [3.8, 4) is 0 Å². The third kappa shape index (κ3) is 1.95. The van der Waals surface area contributed by atoms with E-state index in [1.54, 1.807) is 10.9 Å². The Morgan fingerprint density at radius 1 is 1.60 bits per heavy atom. The Morgan fingerprint density at radius 3 is 3.00 bits per heavy atom. The number of thiophene rings is 1. The lowest BCUT2D eigenvalue weighted by Crippen LogP contribution is -2.23. The Labute approximate surface area is 119 Å². The van der Waals surface area contributed by atoms with Gasteiger partial charge in [0.25, 0.3) is 5.56 Å². The van der Waals surface area contributed by atoms with Gasteiger partial charge in [0, 0.05) is 11.4 Å². The van der Waals surface area contributed by atoms with Gasteiger partial charge >= 0.3 is 5.97 Å². The molecule has 0 fully saturated rings. The van der Waals surface area contributed by atoms with Gasteiger partial charge in [0.2, 0.25) is 0 Å². The lowest BCUT2D eigenvalue weighted by Gasteiger charge is -2.09. The standard InChI is InChI=1S/C14H16N2O3S/c1-7(2)5-16-6-15-12-11(13(16)17)10-8(14(18)19)3-4-9(10)20-12/h6-8H,3-5H2,1-2H3,(H,18,19). The number of aromatic nitrogens is 2. The fraction of sp³-hybridized carbons (Fsp3) is 0.500. The first-order valence-corrected chi connectivity index (χ1v) is 7.54. The maximum absolute atomic E-state index is 12.6. The highest BCUT2D eigenvalue weighted by molar-refractivity contribution is 7.18. The second-order valence-corrected chi connectivity index (χ2v) is 6.73. The van der Waals surface area contributed by atoms with Crippen LogP contribution < -0.4 is 5.56 Å². The average Bonchev–Trinajstić information content (AvgIpc) is 2.90. The van der Waals surface area contributed by atoms with Crippen LogP contribution in [0.15, 0.2) is 11.1 Å². The van der Waals surface area contributed by atoms with Crippen LogP contribution in [0.2, 0.25) is 0 Å². The number of aliphatic carboxylic acids is 1. The van der Waals surface area contributed by atoms with Crippen molar-refractivity contribution in [1.29, 1.82) is 0 Å². The number of carbonyl (C=O) groups is 1. The molecule has 1 unspecified atom stereocenters. The second-order valence-electron chi connectivity index (χ2n) is 5.64. The summed E-state index contributed by atoms with van der Waals surface area (Å²) in [5, 5.41) is 9.84. The SMILES string of the molecule is CC(C)Cn1cnc2sc3c(c2c1=O)C(C(=O)O)CC3. The zero-order valence-corrected chi connectivity index (χ0v) is 12.2. The van der Waals surface area contributed by atoms with Crippen LogP contribution in [-0.2, 0) is 17.8 Å². The van der Waals surface area contributed by atoms with E-state index in [0.29, 0.717) is 34.7 Å². The minimum Gasteiger partial charge on any atom is -0.481 e. The van der Waals surface area contributed by atoms with Crippen LogP contribution in [0.25, 0.3) is 10.2 Å². The molecule has 2 heterocycles. The molecule has 2 aromatic heterocycles. The Morgan fingerprint density at radius 2 is 2.35 bits per heavy atom. The second kappa shape index (κ2) is 4.70. The van der Waals surface area contributed by atoms with E-state index in [2.05, 4.69) is 4.98 Å². The molecule has 1 aliphatic rings. The van der Waals surface area contributed by atoms with Crippen molar-refractivity contribution in [2.24, 2.45) is 5.92 Å². The summed E-state index contributed by atoms with van der Waals surface area (Å²) < 4.78 is 1.59. The smallest absolute Gasteiger partial charge is 0.311 e. The number of aryl methyl sites for hydroxylation is 1. The summed E-state index contributed by atoms with van der Waals surface area (Å²) in [4.78, 5) is 30.0. The van der Waals surface area contributed by atoms with Crippen molar-refractivity contribution in [2.75, 3.05) is 0 Å². The quantitative estimate of drug-likeness (QED) is 0.941. The van der Waals surface area contributed by atoms with Crippen LogP contribution in [-0.4, -0.2) is 20.6 Å². The minimum atomic E-state index is -0.845. The maximum atomic E-state index is 12.6. The summed E-state index contributed by atoms with van der Waals surface area (Å²) in [7, 11) is 0. The summed E-state index contributed by atoms with van der Waals surface area (Å²) >= 11 is 1.46. The number of nitrogens with zero attached hydrogens (tertiary/aromatic N) is 2. The van der Waals surface area contributed by atoms with Crippen LogP contribution in [0.3, 0.4) is 0 Å². The number of hydrogen-bond donors (Lipinski definition) is 1. The van der Waals surface area contributed by atoms with E-state index in [0.717, 1.165) is 11.3 Å². The van der Waals surface area contributed by atoms with Gasteiger partial charge in [-0.2, -0.15) is 0 Å². The molecule has 2 aromatic rings.